The minimum absolute atomic E-state index is 0.117. The van der Waals surface area contributed by atoms with Crippen LogP contribution in [0.25, 0.3) is 11.1 Å². The molecule has 1 aromatic heterocycles. The normalized spacial score (nSPS) is 18.0. The van der Waals surface area contributed by atoms with Crippen molar-refractivity contribution >= 4 is 22.9 Å². The van der Waals surface area contributed by atoms with E-state index in [1.54, 1.807) is 13.2 Å². The van der Waals surface area contributed by atoms with E-state index in [0.29, 0.717) is 35.4 Å². The zero-order valence-corrected chi connectivity index (χ0v) is 17.6. The number of rotatable bonds is 3. The van der Waals surface area contributed by atoms with Gasteiger partial charge in [-0.05, 0) is 41.8 Å². The van der Waals surface area contributed by atoms with Gasteiger partial charge < -0.3 is 18.8 Å². The van der Waals surface area contributed by atoms with Crippen molar-refractivity contribution < 1.29 is 18.7 Å². The molecular formula is C24H26N2O4. The van der Waals surface area contributed by atoms with Crippen molar-refractivity contribution in [3.63, 3.8) is 0 Å². The molecule has 0 aliphatic carbocycles. The van der Waals surface area contributed by atoms with E-state index in [-0.39, 0.29) is 5.78 Å². The van der Waals surface area contributed by atoms with E-state index in [4.69, 9.17) is 18.9 Å². The molecule has 0 amide bonds. The molecule has 2 aromatic carbocycles. The molecule has 3 aromatic rings. The van der Waals surface area contributed by atoms with Gasteiger partial charge in [0.1, 0.15) is 22.6 Å². The van der Waals surface area contributed by atoms with Gasteiger partial charge in [-0.25, -0.2) is 0 Å². The molecule has 3 heterocycles. The number of Topliss-reactive ketones (excluding diaryl/α,β-unsaturated/α-hetero) is 1. The molecule has 0 bridgehead atoms. The topological polar surface area (TPSA) is 64.8 Å². The Labute approximate surface area is 175 Å². The summed E-state index contributed by atoms with van der Waals surface area (Å²) >= 11 is 0. The van der Waals surface area contributed by atoms with Gasteiger partial charge >= 0.3 is 0 Å². The first-order valence-corrected chi connectivity index (χ1v) is 10.5. The van der Waals surface area contributed by atoms with Gasteiger partial charge in [-0.15, -0.1) is 0 Å². The summed E-state index contributed by atoms with van der Waals surface area (Å²) in [6, 6.07) is 12.3. The monoisotopic (exact) mass is 406 g/mol. The highest BCUT2D eigenvalue weighted by molar-refractivity contribution is 6.00. The minimum Gasteiger partial charge on any atom is -0.497 e. The zero-order valence-electron chi connectivity index (χ0n) is 17.6. The summed E-state index contributed by atoms with van der Waals surface area (Å²) in [6.07, 6.45) is 1.90. The third kappa shape index (κ3) is 3.20. The second-order valence-corrected chi connectivity index (χ2v) is 8.61. The lowest BCUT2D eigenvalue weighted by molar-refractivity contribution is 0.0226. The van der Waals surface area contributed by atoms with Crippen LogP contribution in [0.4, 0.5) is 6.01 Å². The molecule has 5 rings (SSSR count). The summed E-state index contributed by atoms with van der Waals surface area (Å²) in [5, 5.41) is 0. The Kier molecular flexibility index (Phi) is 4.45. The third-order valence-electron chi connectivity index (χ3n) is 6.31. The van der Waals surface area contributed by atoms with E-state index >= 15 is 0 Å². The molecule has 2 aliphatic heterocycles. The molecule has 0 unspecified atom stereocenters. The fourth-order valence-electron chi connectivity index (χ4n) is 4.41. The van der Waals surface area contributed by atoms with Crippen LogP contribution < -0.4 is 14.4 Å². The van der Waals surface area contributed by atoms with Crippen LogP contribution in [0.3, 0.4) is 0 Å². The number of anilines is 1. The second kappa shape index (κ2) is 7.04. The predicted octanol–water partition coefficient (Wildman–Crippen LogP) is 4.96. The molecule has 1 fully saturated rings. The van der Waals surface area contributed by atoms with Crippen LogP contribution in [0.5, 0.6) is 11.5 Å². The van der Waals surface area contributed by atoms with Gasteiger partial charge in [-0.1, -0.05) is 19.9 Å². The summed E-state index contributed by atoms with van der Waals surface area (Å²) in [7, 11) is 1.60. The van der Waals surface area contributed by atoms with E-state index < -0.39 is 5.60 Å². The molecule has 1 spiro atoms. The van der Waals surface area contributed by atoms with Crippen LogP contribution in [0, 0.1) is 0 Å². The van der Waals surface area contributed by atoms with Gasteiger partial charge in [0.25, 0.3) is 6.01 Å². The Morgan fingerprint density at radius 1 is 1.13 bits per heavy atom. The van der Waals surface area contributed by atoms with E-state index in [1.807, 2.05) is 18.2 Å². The summed E-state index contributed by atoms with van der Waals surface area (Å²) in [5.41, 5.74) is 3.11. The van der Waals surface area contributed by atoms with Gasteiger partial charge in [0.2, 0.25) is 0 Å². The van der Waals surface area contributed by atoms with Crippen LogP contribution >= 0.6 is 0 Å². The number of aromatic nitrogens is 1. The highest BCUT2D eigenvalue weighted by Gasteiger charge is 2.43. The second-order valence-electron chi connectivity index (χ2n) is 8.61. The fraction of sp³-hybridized carbons (Fsp3) is 0.417. The standard InChI is InChI=1S/C24H26N2O4/c1-15(2)16-4-6-22-19(12-16)25-23(29-22)26-10-8-24(9-11-26)14-20(27)18-13-17(28-3)5-7-21(18)30-24/h4-7,12-13,15H,8-11,14H2,1-3H3. The van der Waals surface area contributed by atoms with Crippen molar-refractivity contribution in [2.24, 2.45) is 0 Å². The quantitative estimate of drug-likeness (QED) is 0.612. The number of hydrogen-bond donors (Lipinski definition) is 0. The first-order valence-electron chi connectivity index (χ1n) is 10.5. The number of methoxy groups -OCH3 is 1. The molecule has 0 saturated carbocycles. The number of carbonyl (C=O) groups excluding carboxylic acids is 1. The Hall–Kier alpha value is -3.02. The number of piperidine rings is 1. The van der Waals surface area contributed by atoms with Crippen molar-refractivity contribution in [2.45, 2.75) is 44.6 Å². The van der Waals surface area contributed by atoms with Gasteiger partial charge in [-0.2, -0.15) is 4.98 Å². The average Bonchev–Trinajstić information content (AvgIpc) is 3.17. The molecule has 0 N–H and O–H groups in total. The van der Waals surface area contributed by atoms with E-state index in [2.05, 4.69) is 30.9 Å². The van der Waals surface area contributed by atoms with Crippen molar-refractivity contribution in [2.75, 3.05) is 25.1 Å². The maximum Gasteiger partial charge on any atom is 0.298 e. The predicted molar refractivity (Wildman–Crippen MR) is 115 cm³/mol. The first kappa shape index (κ1) is 19.0. The van der Waals surface area contributed by atoms with E-state index in [9.17, 15) is 4.79 Å². The Balaban J connectivity index is 1.34. The van der Waals surface area contributed by atoms with Crippen LogP contribution in [0.1, 0.15) is 54.9 Å². The highest BCUT2D eigenvalue weighted by atomic mass is 16.5. The maximum absolute atomic E-state index is 12.8. The van der Waals surface area contributed by atoms with E-state index in [0.717, 1.165) is 37.0 Å². The van der Waals surface area contributed by atoms with Crippen molar-refractivity contribution in [1.82, 2.24) is 4.98 Å². The fourth-order valence-corrected chi connectivity index (χ4v) is 4.41. The first-order chi connectivity index (χ1) is 14.5. The summed E-state index contributed by atoms with van der Waals surface area (Å²) in [5.74, 6) is 1.90. The van der Waals surface area contributed by atoms with Crippen molar-refractivity contribution in [3.05, 3.63) is 47.5 Å². The summed E-state index contributed by atoms with van der Waals surface area (Å²) in [4.78, 5) is 19.7. The maximum atomic E-state index is 12.8. The van der Waals surface area contributed by atoms with E-state index in [1.165, 1.54) is 5.56 Å². The average molecular weight is 406 g/mol. The number of oxazole rings is 1. The Bertz CT molecular complexity index is 1110. The lowest BCUT2D eigenvalue weighted by atomic mass is 9.82. The molecule has 6 heteroatoms. The lowest BCUT2D eigenvalue weighted by Gasteiger charge is -2.43. The van der Waals surface area contributed by atoms with Crippen molar-refractivity contribution in [3.8, 4) is 11.5 Å². The number of carbonyl (C=O) groups is 1. The SMILES string of the molecule is COc1ccc2c(c1)C(=O)CC1(CCN(c3nc4cc(C(C)C)ccc4o3)CC1)O2. The van der Waals surface area contributed by atoms with Gasteiger partial charge in [0.05, 0.1) is 19.1 Å². The number of ether oxygens (including phenoxy) is 2. The van der Waals surface area contributed by atoms with Gasteiger partial charge in [0.15, 0.2) is 11.4 Å². The highest BCUT2D eigenvalue weighted by Crippen LogP contribution is 2.41. The summed E-state index contributed by atoms with van der Waals surface area (Å²) < 4.78 is 17.6. The van der Waals surface area contributed by atoms with Crippen LogP contribution in [-0.2, 0) is 0 Å². The smallest absolute Gasteiger partial charge is 0.298 e. The Morgan fingerprint density at radius 2 is 1.93 bits per heavy atom. The minimum atomic E-state index is -0.452. The zero-order chi connectivity index (χ0) is 20.9. The molecule has 1 saturated heterocycles. The van der Waals surface area contributed by atoms with Gasteiger partial charge in [-0.3, -0.25) is 4.79 Å². The van der Waals surface area contributed by atoms with Crippen LogP contribution in [0.2, 0.25) is 0 Å². The largest absolute Gasteiger partial charge is 0.497 e. The van der Waals surface area contributed by atoms with Crippen LogP contribution in [0.15, 0.2) is 40.8 Å². The van der Waals surface area contributed by atoms with Crippen LogP contribution in [-0.4, -0.2) is 36.6 Å². The molecule has 0 radical (unpaired) electrons. The lowest BCUT2D eigenvalue weighted by Crippen LogP contribution is -2.51. The Morgan fingerprint density at radius 3 is 2.67 bits per heavy atom. The number of benzene rings is 2. The summed E-state index contributed by atoms with van der Waals surface area (Å²) in [6.45, 7) is 5.82. The molecule has 2 aliphatic rings. The molecular weight excluding hydrogens is 380 g/mol. The molecule has 156 valence electrons. The number of fused-ring (bicyclic) bond motifs is 2. The number of ketones is 1. The number of nitrogens with zero attached hydrogens (tertiary/aromatic N) is 2. The third-order valence-corrected chi connectivity index (χ3v) is 6.31. The molecule has 0 atom stereocenters. The number of hydrogen-bond acceptors (Lipinski definition) is 6. The van der Waals surface area contributed by atoms with Crippen molar-refractivity contribution in [1.29, 1.82) is 0 Å². The molecule has 30 heavy (non-hydrogen) atoms. The molecule has 6 nitrogen and oxygen atoms in total. The van der Waals surface area contributed by atoms with Gasteiger partial charge in [0, 0.05) is 25.9 Å².